The lowest BCUT2D eigenvalue weighted by atomic mass is 9.81. The van der Waals surface area contributed by atoms with Crippen LogP contribution in [0, 0.1) is 0 Å². The zero-order chi connectivity index (χ0) is 29.6. The summed E-state index contributed by atoms with van der Waals surface area (Å²) < 4.78 is 39.1. The smallest absolute Gasteiger partial charge is 0.296 e. The number of carbonyl (C=O) groups is 3. The summed E-state index contributed by atoms with van der Waals surface area (Å²) in [6.07, 6.45) is 2.57. The van der Waals surface area contributed by atoms with Gasteiger partial charge < -0.3 is 24.4 Å². The molecule has 11 nitrogen and oxygen atoms in total. The summed E-state index contributed by atoms with van der Waals surface area (Å²) >= 11 is 0. The molecule has 42 heavy (non-hydrogen) atoms. The Morgan fingerprint density at radius 1 is 1.07 bits per heavy atom. The number of ketones is 1. The van der Waals surface area contributed by atoms with Crippen molar-refractivity contribution >= 4 is 39.1 Å². The lowest BCUT2D eigenvalue weighted by Crippen LogP contribution is -2.53. The van der Waals surface area contributed by atoms with Gasteiger partial charge in [0.15, 0.2) is 5.54 Å². The molecule has 4 aliphatic heterocycles. The number of nitrogens with zero attached hydrogens (tertiary/aromatic N) is 3. The van der Waals surface area contributed by atoms with Crippen LogP contribution in [0.25, 0.3) is 5.76 Å². The lowest BCUT2D eigenvalue weighted by molar-refractivity contribution is -0.145. The lowest BCUT2D eigenvalue weighted by Gasteiger charge is -2.35. The number of hydrogen-bond acceptors (Lipinski definition) is 8. The highest BCUT2D eigenvalue weighted by Crippen LogP contribution is 2.53. The highest BCUT2D eigenvalue weighted by Gasteiger charge is 2.67. The number of fused-ring (bicyclic) bond motifs is 2. The maximum absolute atomic E-state index is 14.5. The zero-order valence-electron chi connectivity index (χ0n) is 22.9. The SMILES string of the molecule is C=CCN1C(=O)C2(/C(=C(/O)c3cccc(S(=O)(=O)N4CCOCC4)c3)C(=O)C(=O)N2CC2CCCO2)c2ccccc21. The summed E-state index contributed by atoms with van der Waals surface area (Å²) in [4.78, 5) is 44.6. The molecule has 2 unspecified atom stereocenters. The molecule has 6 rings (SSSR count). The molecule has 2 amide bonds. The van der Waals surface area contributed by atoms with Gasteiger partial charge in [-0.3, -0.25) is 14.4 Å². The van der Waals surface area contributed by atoms with Gasteiger partial charge >= 0.3 is 0 Å². The fourth-order valence-electron chi connectivity index (χ4n) is 6.30. The van der Waals surface area contributed by atoms with Gasteiger partial charge in [-0.25, -0.2) is 8.42 Å². The predicted molar refractivity (Wildman–Crippen MR) is 152 cm³/mol. The number of anilines is 1. The third-order valence-corrected chi connectivity index (χ3v) is 10.1. The van der Waals surface area contributed by atoms with E-state index in [1.807, 2.05) is 0 Å². The number of aliphatic hydroxyl groups excluding tert-OH is 1. The summed E-state index contributed by atoms with van der Waals surface area (Å²) in [5.74, 6) is -3.19. The quantitative estimate of drug-likeness (QED) is 0.223. The summed E-state index contributed by atoms with van der Waals surface area (Å²) in [7, 11) is -3.94. The molecule has 4 heterocycles. The number of Topliss-reactive ketones (excluding diaryl/α,β-unsaturated/α-hetero) is 1. The van der Waals surface area contributed by atoms with Crippen molar-refractivity contribution in [1.29, 1.82) is 0 Å². The highest BCUT2D eigenvalue weighted by atomic mass is 32.2. The van der Waals surface area contributed by atoms with E-state index < -0.39 is 50.6 Å². The minimum absolute atomic E-state index is 0.00808. The van der Waals surface area contributed by atoms with Crippen molar-refractivity contribution in [3.8, 4) is 0 Å². The van der Waals surface area contributed by atoms with Crippen molar-refractivity contribution in [2.45, 2.75) is 29.4 Å². The van der Waals surface area contributed by atoms with Gasteiger partial charge in [-0.1, -0.05) is 36.4 Å². The van der Waals surface area contributed by atoms with Gasteiger partial charge in [0, 0.05) is 43.9 Å². The Morgan fingerprint density at radius 2 is 1.83 bits per heavy atom. The molecule has 2 atom stereocenters. The molecule has 4 aliphatic rings. The van der Waals surface area contributed by atoms with Crippen molar-refractivity contribution in [3.05, 3.63) is 77.9 Å². The minimum atomic E-state index is -3.94. The summed E-state index contributed by atoms with van der Waals surface area (Å²) in [5.41, 5.74) is -1.53. The van der Waals surface area contributed by atoms with Crippen LogP contribution in [0.15, 0.2) is 71.7 Å². The van der Waals surface area contributed by atoms with Crippen LogP contribution in [0.4, 0.5) is 5.69 Å². The number of aliphatic hydroxyl groups is 1. The molecule has 3 saturated heterocycles. The van der Waals surface area contributed by atoms with E-state index in [0.717, 1.165) is 6.42 Å². The third-order valence-electron chi connectivity index (χ3n) is 8.25. The van der Waals surface area contributed by atoms with E-state index in [0.29, 0.717) is 24.3 Å². The second kappa shape index (κ2) is 10.8. The van der Waals surface area contributed by atoms with Gasteiger partial charge in [-0.05, 0) is 31.0 Å². The maximum Gasteiger partial charge on any atom is 0.296 e. The van der Waals surface area contributed by atoms with E-state index in [1.165, 1.54) is 38.4 Å². The van der Waals surface area contributed by atoms with E-state index in [4.69, 9.17) is 9.47 Å². The Kier molecular flexibility index (Phi) is 7.26. The number of hydrogen-bond donors (Lipinski definition) is 1. The third kappa shape index (κ3) is 4.20. The molecule has 2 aromatic rings. The first kappa shape index (κ1) is 28.3. The van der Waals surface area contributed by atoms with E-state index in [-0.39, 0.29) is 49.9 Å². The molecule has 0 radical (unpaired) electrons. The maximum atomic E-state index is 14.5. The van der Waals surface area contributed by atoms with Crippen LogP contribution in [0.1, 0.15) is 24.0 Å². The molecular formula is C30H31N3O8S. The predicted octanol–water partition coefficient (Wildman–Crippen LogP) is 2.00. The van der Waals surface area contributed by atoms with Crippen molar-refractivity contribution in [3.63, 3.8) is 0 Å². The molecule has 220 valence electrons. The van der Waals surface area contributed by atoms with Crippen molar-refractivity contribution in [1.82, 2.24) is 9.21 Å². The van der Waals surface area contributed by atoms with Gasteiger partial charge in [0.05, 0.1) is 35.5 Å². The van der Waals surface area contributed by atoms with E-state index in [1.54, 1.807) is 30.3 Å². The number of benzene rings is 2. The molecule has 1 N–H and O–H groups in total. The number of carbonyl (C=O) groups excluding carboxylic acids is 3. The number of likely N-dealkylation sites (tertiary alicyclic amines) is 1. The zero-order valence-corrected chi connectivity index (χ0v) is 23.7. The van der Waals surface area contributed by atoms with Crippen LogP contribution in [0.5, 0.6) is 0 Å². The normalized spacial score (nSPS) is 25.9. The van der Waals surface area contributed by atoms with Gasteiger partial charge in [-0.15, -0.1) is 6.58 Å². The minimum Gasteiger partial charge on any atom is -0.507 e. The molecule has 12 heteroatoms. The van der Waals surface area contributed by atoms with Crippen molar-refractivity contribution in [2.75, 3.05) is 50.9 Å². The first-order chi connectivity index (χ1) is 20.2. The van der Waals surface area contributed by atoms with Crippen LogP contribution in [0.3, 0.4) is 0 Å². The van der Waals surface area contributed by atoms with Crippen LogP contribution in [-0.4, -0.2) is 92.4 Å². The van der Waals surface area contributed by atoms with Gasteiger partial charge in [0.2, 0.25) is 10.0 Å². The topological polar surface area (TPSA) is 134 Å². The number of rotatable bonds is 7. The second-order valence-corrected chi connectivity index (χ2v) is 12.5. The molecular weight excluding hydrogens is 562 g/mol. The first-order valence-electron chi connectivity index (χ1n) is 13.8. The summed E-state index contributed by atoms with van der Waals surface area (Å²) in [6.45, 7) is 5.21. The summed E-state index contributed by atoms with van der Waals surface area (Å²) in [5, 5.41) is 11.8. The molecule has 0 saturated carbocycles. The fraction of sp³-hybridized carbons (Fsp3) is 0.367. The Morgan fingerprint density at radius 3 is 2.55 bits per heavy atom. The summed E-state index contributed by atoms with van der Waals surface area (Å²) in [6, 6.07) is 12.4. The molecule has 0 aromatic heterocycles. The Bertz CT molecular complexity index is 1610. The largest absolute Gasteiger partial charge is 0.507 e. The van der Waals surface area contributed by atoms with E-state index in [9.17, 15) is 27.9 Å². The standard InChI is InChI=1S/C30H31N3O8S/c1-2-12-32-24-11-4-3-10-23(24)30(29(32)37)25(27(35)28(36)33(30)19-21-8-6-15-41-21)26(34)20-7-5-9-22(18-20)42(38,39)31-13-16-40-17-14-31/h2-5,7,9-11,18,21,34H,1,6,8,12-17,19H2/b26-25+. The molecule has 0 aliphatic carbocycles. The Hall–Kier alpha value is -3.84. The molecule has 1 spiro atoms. The number of para-hydroxylation sites is 1. The Balaban J connectivity index is 1.55. The number of amides is 2. The number of sulfonamides is 1. The van der Waals surface area contributed by atoms with Gasteiger partial charge in [-0.2, -0.15) is 4.31 Å². The average molecular weight is 594 g/mol. The number of ether oxygens (including phenoxy) is 2. The van der Waals surface area contributed by atoms with Crippen molar-refractivity contribution < 1.29 is 37.4 Å². The highest BCUT2D eigenvalue weighted by molar-refractivity contribution is 7.89. The van der Waals surface area contributed by atoms with Crippen LogP contribution >= 0.6 is 0 Å². The molecule has 2 aromatic carbocycles. The monoisotopic (exact) mass is 593 g/mol. The van der Waals surface area contributed by atoms with E-state index >= 15 is 0 Å². The molecule has 0 bridgehead atoms. The van der Waals surface area contributed by atoms with Gasteiger partial charge in [0.25, 0.3) is 17.6 Å². The fourth-order valence-corrected chi connectivity index (χ4v) is 7.76. The molecule has 3 fully saturated rings. The van der Waals surface area contributed by atoms with Crippen LogP contribution < -0.4 is 4.90 Å². The average Bonchev–Trinajstić information content (AvgIpc) is 3.67. The first-order valence-corrected chi connectivity index (χ1v) is 15.3. The van der Waals surface area contributed by atoms with Crippen LogP contribution in [-0.2, 0) is 39.4 Å². The number of morpholine rings is 1. The van der Waals surface area contributed by atoms with Crippen molar-refractivity contribution in [2.24, 2.45) is 0 Å². The van der Waals surface area contributed by atoms with Gasteiger partial charge in [0.1, 0.15) is 5.76 Å². The Labute approximate surface area is 243 Å². The second-order valence-electron chi connectivity index (χ2n) is 10.6. The van der Waals surface area contributed by atoms with E-state index in [2.05, 4.69) is 6.58 Å². The van der Waals surface area contributed by atoms with Crippen LogP contribution in [0.2, 0.25) is 0 Å².